The van der Waals surface area contributed by atoms with Crippen LogP contribution in [0.5, 0.6) is 0 Å². The zero-order valence-corrected chi connectivity index (χ0v) is 12.0. The lowest BCUT2D eigenvalue weighted by Gasteiger charge is -2.06. The van der Waals surface area contributed by atoms with E-state index in [0.29, 0.717) is 17.4 Å². The normalized spacial score (nSPS) is 16.1. The van der Waals surface area contributed by atoms with Gasteiger partial charge >= 0.3 is 0 Å². The highest BCUT2D eigenvalue weighted by molar-refractivity contribution is 9.10. The van der Waals surface area contributed by atoms with Crippen molar-refractivity contribution in [1.29, 1.82) is 0 Å². The summed E-state index contributed by atoms with van der Waals surface area (Å²) in [6.45, 7) is 0. The first-order valence-electron chi connectivity index (χ1n) is 6.39. The Hall–Kier alpha value is -1.56. The number of anilines is 1. The number of hydrogen-bond donors (Lipinski definition) is 2. The Labute approximate surface area is 119 Å². The summed E-state index contributed by atoms with van der Waals surface area (Å²) in [5, 5.41) is 3.13. The number of nitrogen functional groups attached to an aromatic ring is 1. The van der Waals surface area contributed by atoms with Gasteiger partial charge in [0.1, 0.15) is 5.69 Å². The first-order valence-corrected chi connectivity index (χ1v) is 7.18. The number of aromatic nitrogens is 3. The fourth-order valence-electron chi connectivity index (χ4n) is 2.65. The number of nitrogens with one attached hydrogen (secondary N) is 1. The van der Waals surface area contributed by atoms with Gasteiger partial charge in [-0.2, -0.15) is 4.68 Å². The third-order valence-corrected chi connectivity index (χ3v) is 4.13. The van der Waals surface area contributed by atoms with Gasteiger partial charge in [0.2, 0.25) is 0 Å². The maximum absolute atomic E-state index is 12.2. The summed E-state index contributed by atoms with van der Waals surface area (Å²) in [5.41, 5.74) is 6.94. The third kappa shape index (κ3) is 2.20. The van der Waals surface area contributed by atoms with E-state index < -0.39 is 0 Å². The van der Waals surface area contributed by atoms with Gasteiger partial charge < -0.3 is 5.73 Å². The van der Waals surface area contributed by atoms with Crippen molar-refractivity contribution in [2.45, 2.75) is 31.6 Å². The van der Waals surface area contributed by atoms with Gasteiger partial charge in [-0.1, -0.05) is 12.8 Å². The first kappa shape index (κ1) is 12.5. The molecule has 0 aromatic carbocycles. The summed E-state index contributed by atoms with van der Waals surface area (Å²) in [6.07, 6.45) is 6.26. The molecule has 0 aliphatic heterocycles. The number of H-pyrrole nitrogens is 1. The number of pyridine rings is 1. The molecule has 0 amide bonds. The predicted octanol–water partition coefficient (Wildman–Crippen LogP) is 2.56. The minimum Gasteiger partial charge on any atom is -0.393 e. The molecule has 0 atom stereocenters. The van der Waals surface area contributed by atoms with E-state index in [1.165, 1.54) is 17.5 Å². The lowest BCUT2D eigenvalue weighted by Crippen LogP contribution is -2.17. The Balaban J connectivity index is 2.05. The van der Waals surface area contributed by atoms with Crippen molar-refractivity contribution >= 4 is 21.6 Å². The summed E-state index contributed by atoms with van der Waals surface area (Å²) in [4.78, 5) is 16.4. The molecule has 3 N–H and O–H groups in total. The van der Waals surface area contributed by atoms with Crippen LogP contribution in [0.4, 0.5) is 5.69 Å². The molecule has 2 aromatic rings. The Morgan fingerprint density at radius 2 is 2.11 bits per heavy atom. The fraction of sp³-hybridized carbons (Fsp3) is 0.385. The van der Waals surface area contributed by atoms with E-state index in [1.54, 1.807) is 12.3 Å². The topological polar surface area (TPSA) is 76.7 Å². The van der Waals surface area contributed by atoms with Crippen molar-refractivity contribution in [3.05, 3.63) is 38.9 Å². The lowest BCUT2D eigenvalue weighted by atomic mass is 10.0. The van der Waals surface area contributed by atoms with Crippen molar-refractivity contribution in [2.24, 2.45) is 0 Å². The van der Waals surface area contributed by atoms with Gasteiger partial charge in [-0.25, -0.2) is 4.98 Å². The second kappa shape index (κ2) is 4.85. The van der Waals surface area contributed by atoms with E-state index in [9.17, 15) is 4.79 Å². The van der Waals surface area contributed by atoms with Crippen LogP contribution in [0.15, 0.2) is 27.6 Å². The van der Waals surface area contributed by atoms with Crippen LogP contribution in [0.3, 0.4) is 0 Å². The van der Waals surface area contributed by atoms with E-state index in [2.05, 4.69) is 26.0 Å². The van der Waals surface area contributed by atoms with Crippen LogP contribution >= 0.6 is 15.9 Å². The molecule has 3 rings (SSSR count). The van der Waals surface area contributed by atoms with Crippen molar-refractivity contribution in [3.63, 3.8) is 0 Å². The van der Waals surface area contributed by atoms with Crippen molar-refractivity contribution in [2.75, 3.05) is 5.73 Å². The van der Waals surface area contributed by atoms with E-state index in [1.807, 2.05) is 6.07 Å². The smallest absolute Gasteiger partial charge is 0.296 e. The molecule has 19 heavy (non-hydrogen) atoms. The second-order valence-electron chi connectivity index (χ2n) is 4.90. The van der Waals surface area contributed by atoms with Crippen LogP contribution in [0.2, 0.25) is 0 Å². The highest BCUT2D eigenvalue weighted by Crippen LogP contribution is 2.34. The molecule has 1 saturated carbocycles. The second-order valence-corrected chi connectivity index (χ2v) is 5.81. The van der Waals surface area contributed by atoms with Gasteiger partial charge in [0.15, 0.2) is 5.82 Å². The Morgan fingerprint density at radius 1 is 1.37 bits per heavy atom. The summed E-state index contributed by atoms with van der Waals surface area (Å²) in [6, 6.07) is 3.63. The maximum Gasteiger partial charge on any atom is 0.296 e. The first-order chi connectivity index (χ1) is 9.16. The Morgan fingerprint density at radius 3 is 2.74 bits per heavy atom. The third-order valence-electron chi connectivity index (χ3n) is 3.66. The van der Waals surface area contributed by atoms with Crippen molar-refractivity contribution in [3.8, 4) is 5.82 Å². The minimum absolute atomic E-state index is 0.211. The van der Waals surface area contributed by atoms with E-state index in [-0.39, 0.29) is 5.56 Å². The SMILES string of the molecule is Nc1c(C2CCCC2)[nH]n(-c2ccc(Br)cn2)c1=O. The average molecular weight is 323 g/mol. The Bertz CT molecular complexity index is 638. The highest BCUT2D eigenvalue weighted by atomic mass is 79.9. The molecule has 6 heteroatoms. The van der Waals surface area contributed by atoms with Gasteiger partial charge in [0.25, 0.3) is 5.56 Å². The number of rotatable bonds is 2. The van der Waals surface area contributed by atoms with Gasteiger partial charge in [0, 0.05) is 16.6 Å². The molecule has 0 radical (unpaired) electrons. The quantitative estimate of drug-likeness (QED) is 0.892. The van der Waals surface area contributed by atoms with E-state index in [4.69, 9.17) is 5.73 Å². The molecule has 1 aliphatic rings. The summed E-state index contributed by atoms with van der Waals surface area (Å²) in [7, 11) is 0. The molecular formula is C13H15BrN4O. The number of nitrogens with two attached hydrogens (primary N) is 1. The molecule has 1 aliphatic carbocycles. The molecular weight excluding hydrogens is 308 g/mol. The molecule has 0 spiro atoms. The van der Waals surface area contributed by atoms with Crippen LogP contribution in [0.1, 0.15) is 37.3 Å². The van der Waals surface area contributed by atoms with Crippen LogP contribution in [0.25, 0.3) is 5.82 Å². The summed E-state index contributed by atoms with van der Waals surface area (Å²) in [5.74, 6) is 0.938. The van der Waals surface area contributed by atoms with Crippen LogP contribution < -0.4 is 11.3 Å². The largest absolute Gasteiger partial charge is 0.393 e. The van der Waals surface area contributed by atoms with E-state index >= 15 is 0 Å². The van der Waals surface area contributed by atoms with Crippen LogP contribution in [0, 0.1) is 0 Å². The highest BCUT2D eigenvalue weighted by Gasteiger charge is 2.24. The maximum atomic E-state index is 12.2. The summed E-state index contributed by atoms with van der Waals surface area (Å²) < 4.78 is 2.30. The van der Waals surface area contributed by atoms with Crippen LogP contribution in [-0.4, -0.2) is 14.8 Å². The number of aromatic amines is 1. The molecule has 100 valence electrons. The standard InChI is InChI=1S/C13H15BrN4O/c14-9-5-6-10(16-7-9)18-13(19)11(15)12(17-18)8-3-1-2-4-8/h5-8,17H,1-4,15H2. The summed E-state index contributed by atoms with van der Waals surface area (Å²) >= 11 is 3.33. The van der Waals surface area contributed by atoms with Gasteiger partial charge in [0.05, 0.1) is 5.69 Å². The van der Waals surface area contributed by atoms with Crippen molar-refractivity contribution < 1.29 is 0 Å². The molecule has 0 bridgehead atoms. The minimum atomic E-state index is -0.211. The van der Waals surface area contributed by atoms with Crippen molar-refractivity contribution in [1.82, 2.24) is 14.8 Å². The van der Waals surface area contributed by atoms with Gasteiger partial charge in [-0.3, -0.25) is 9.89 Å². The molecule has 1 fully saturated rings. The number of hydrogen-bond acceptors (Lipinski definition) is 3. The molecule has 2 heterocycles. The monoisotopic (exact) mass is 322 g/mol. The van der Waals surface area contributed by atoms with E-state index in [0.717, 1.165) is 23.0 Å². The molecule has 0 unspecified atom stereocenters. The molecule has 0 saturated heterocycles. The zero-order chi connectivity index (χ0) is 13.4. The number of nitrogens with zero attached hydrogens (tertiary/aromatic N) is 2. The van der Waals surface area contributed by atoms with Gasteiger partial charge in [-0.15, -0.1) is 0 Å². The zero-order valence-electron chi connectivity index (χ0n) is 10.4. The predicted molar refractivity (Wildman–Crippen MR) is 77.5 cm³/mol. The lowest BCUT2D eigenvalue weighted by molar-refractivity contribution is 0.674. The molecule has 5 nitrogen and oxygen atoms in total. The number of halogens is 1. The average Bonchev–Trinajstić information content (AvgIpc) is 3.02. The Kier molecular flexibility index (Phi) is 3.18. The fourth-order valence-corrected chi connectivity index (χ4v) is 2.89. The molecule has 2 aromatic heterocycles. The van der Waals surface area contributed by atoms with Crippen LogP contribution in [-0.2, 0) is 0 Å². The van der Waals surface area contributed by atoms with Gasteiger partial charge in [-0.05, 0) is 40.9 Å².